The van der Waals surface area contributed by atoms with Crippen LogP contribution in [-0.2, 0) is 5.79 Å². The molecule has 1 aromatic rings. The predicted octanol–water partition coefficient (Wildman–Crippen LogP) is 0.505. The summed E-state index contributed by atoms with van der Waals surface area (Å²) in [6.45, 7) is 0. The van der Waals surface area contributed by atoms with Crippen molar-refractivity contribution in [2.75, 3.05) is 0 Å². The maximum Gasteiger partial charge on any atom is 0.745 e. The lowest BCUT2D eigenvalue weighted by molar-refractivity contribution is -0.985. The molecule has 0 aliphatic rings. The van der Waals surface area contributed by atoms with E-state index in [1.807, 2.05) is 0 Å². The van der Waals surface area contributed by atoms with Crippen LogP contribution in [0.25, 0.3) is 0 Å². The van der Waals surface area contributed by atoms with Gasteiger partial charge in [-0.3, -0.25) is 50.6 Å². The van der Waals surface area contributed by atoms with E-state index in [0.717, 1.165) is 0 Å². The molecule has 0 atom stereocenters. The second-order valence-corrected chi connectivity index (χ2v) is 4.25. The standard InChI is InChI=1S/C5HN5O10S/c11-6(12)2-1-3(7(13)14)21-4(2)5(8(15)16,9(17)18)10(19)20/h1H. The fourth-order valence-corrected chi connectivity index (χ4v) is 2.34. The number of nitrogens with zero attached hydrogens (tertiary/aromatic N) is 5. The molecule has 0 radical (unpaired) electrons. The Morgan fingerprint density at radius 2 is 1.24 bits per heavy atom. The maximum absolute atomic E-state index is 10.8. The van der Waals surface area contributed by atoms with E-state index >= 15 is 0 Å². The molecule has 1 rings (SSSR count). The highest BCUT2D eigenvalue weighted by Crippen LogP contribution is 2.43. The lowest BCUT2D eigenvalue weighted by Gasteiger charge is -2.05. The number of thiophene rings is 1. The first-order chi connectivity index (χ1) is 9.56. The van der Waals surface area contributed by atoms with E-state index in [0.29, 0.717) is 0 Å². The number of nitro groups is 5. The Morgan fingerprint density at radius 1 is 0.810 bits per heavy atom. The van der Waals surface area contributed by atoms with Crippen LogP contribution < -0.4 is 0 Å². The van der Waals surface area contributed by atoms with Crippen molar-refractivity contribution in [3.8, 4) is 0 Å². The minimum Gasteiger partial charge on any atom is -0.258 e. The van der Waals surface area contributed by atoms with Crippen molar-refractivity contribution in [1.82, 2.24) is 0 Å². The van der Waals surface area contributed by atoms with E-state index in [-0.39, 0.29) is 17.4 Å². The third kappa shape index (κ3) is 2.18. The molecule has 0 saturated heterocycles. The van der Waals surface area contributed by atoms with Crippen molar-refractivity contribution in [2.45, 2.75) is 5.79 Å². The summed E-state index contributed by atoms with van der Waals surface area (Å²) < 4.78 is 0. The average Bonchev–Trinajstić information content (AvgIpc) is 2.73. The molecule has 0 spiro atoms. The molecule has 1 heterocycles. The molecule has 0 aromatic carbocycles. The van der Waals surface area contributed by atoms with Gasteiger partial charge in [-0.15, -0.1) is 0 Å². The maximum atomic E-state index is 10.8. The van der Waals surface area contributed by atoms with Crippen molar-refractivity contribution in [3.63, 3.8) is 0 Å². The van der Waals surface area contributed by atoms with Crippen LogP contribution in [0, 0.1) is 50.6 Å². The highest BCUT2D eigenvalue weighted by atomic mass is 32.1. The third-order valence-corrected chi connectivity index (χ3v) is 3.31. The Balaban J connectivity index is 3.86. The van der Waals surface area contributed by atoms with Gasteiger partial charge in [-0.2, -0.15) is 0 Å². The van der Waals surface area contributed by atoms with Crippen molar-refractivity contribution in [2.24, 2.45) is 0 Å². The quantitative estimate of drug-likeness (QED) is 0.401. The zero-order valence-electron chi connectivity index (χ0n) is 9.30. The molecule has 0 fully saturated rings. The monoisotopic (exact) mass is 323 g/mol. The topological polar surface area (TPSA) is 216 Å². The van der Waals surface area contributed by atoms with Crippen LogP contribution in [0.3, 0.4) is 0 Å². The van der Waals surface area contributed by atoms with Crippen molar-refractivity contribution < 1.29 is 24.6 Å². The Labute approximate surface area is 115 Å². The fraction of sp³-hybridized carbons (Fsp3) is 0.200. The second kappa shape index (κ2) is 5.00. The van der Waals surface area contributed by atoms with E-state index in [1.54, 1.807) is 0 Å². The summed E-state index contributed by atoms with van der Waals surface area (Å²) >= 11 is -0.378. The smallest absolute Gasteiger partial charge is 0.258 e. The molecule has 1 aromatic heterocycles. The highest BCUT2D eigenvalue weighted by molar-refractivity contribution is 7.15. The zero-order valence-corrected chi connectivity index (χ0v) is 10.1. The normalized spacial score (nSPS) is 10.9. The van der Waals surface area contributed by atoms with E-state index < -0.39 is 46.0 Å². The van der Waals surface area contributed by atoms with Gasteiger partial charge in [0, 0.05) is 0 Å². The molecule has 0 aliphatic heterocycles. The lowest BCUT2D eigenvalue weighted by Crippen LogP contribution is -2.49. The second-order valence-electron chi connectivity index (χ2n) is 3.22. The first kappa shape index (κ1) is 15.8. The number of hydrogen-bond donors (Lipinski definition) is 0. The molecule has 0 amide bonds. The summed E-state index contributed by atoms with van der Waals surface area (Å²) in [6, 6.07) is 0.186. The summed E-state index contributed by atoms with van der Waals surface area (Å²) in [6.07, 6.45) is 0. The minimum atomic E-state index is -4.29. The van der Waals surface area contributed by atoms with Crippen LogP contribution in [-0.4, -0.2) is 24.6 Å². The van der Waals surface area contributed by atoms with E-state index in [2.05, 4.69) is 0 Å². The van der Waals surface area contributed by atoms with Crippen LogP contribution in [0.4, 0.5) is 10.7 Å². The van der Waals surface area contributed by atoms with Gasteiger partial charge in [-0.1, -0.05) is 0 Å². The summed E-state index contributed by atoms with van der Waals surface area (Å²) in [5.74, 6) is -4.29. The molecular weight excluding hydrogens is 322 g/mol. The van der Waals surface area contributed by atoms with Crippen molar-refractivity contribution in [3.05, 3.63) is 61.5 Å². The first-order valence-corrected chi connectivity index (χ1v) is 5.25. The molecule has 16 heteroatoms. The molecule has 21 heavy (non-hydrogen) atoms. The molecule has 0 bridgehead atoms. The van der Waals surface area contributed by atoms with Gasteiger partial charge >= 0.3 is 21.4 Å². The first-order valence-electron chi connectivity index (χ1n) is 4.43. The Bertz CT molecular complexity index is 643. The van der Waals surface area contributed by atoms with Crippen LogP contribution in [0.1, 0.15) is 4.88 Å². The fourth-order valence-electron chi connectivity index (χ4n) is 1.28. The van der Waals surface area contributed by atoms with Gasteiger partial charge in [0.2, 0.25) is 0 Å². The van der Waals surface area contributed by atoms with Crippen LogP contribution in [0.5, 0.6) is 0 Å². The zero-order chi connectivity index (χ0) is 16.5. The van der Waals surface area contributed by atoms with Gasteiger partial charge in [-0.05, 0) is 11.3 Å². The van der Waals surface area contributed by atoms with Gasteiger partial charge in [-0.25, -0.2) is 0 Å². The highest BCUT2D eigenvalue weighted by Gasteiger charge is 2.77. The Morgan fingerprint density at radius 3 is 1.52 bits per heavy atom. The average molecular weight is 323 g/mol. The van der Waals surface area contributed by atoms with Gasteiger partial charge < -0.3 is 0 Å². The number of hydrogen-bond acceptors (Lipinski definition) is 11. The van der Waals surface area contributed by atoms with E-state index in [4.69, 9.17) is 0 Å². The molecule has 112 valence electrons. The summed E-state index contributed by atoms with van der Waals surface area (Å²) in [4.78, 5) is 43.5. The molecular formula is C5HN5O10S. The van der Waals surface area contributed by atoms with E-state index in [1.165, 1.54) is 0 Å². The molecule has 0 saturated carbocycles. The molecule has 15 nitrogen and oxygen atoms in total. The van der Waals surface area contributed by atoms with Crippen LogP contribution >= 0.6 is 11.3 Å². The van der Waals surface area contributed by atoms with Crippen LogP contribution in [0.15, 0.2) is 6.07 Å². The molecule has 0 aliphatic carbocycles. The molecule has 0 N–H and O–H groups in total. The predicted molar refractivity (Wildman–Crippen MR) is 60.3 cm³/mol. The Hall–Kier alpha value is -3.30. The summed E-state index contributed by atoms with van der Waals surface area (Å²) in [5.41, 5.74) is -1.45. The van der Waals surface area contributed by atoms with Gasteiger partial charge in [0.1, 0.15) is 6.07 Å². The summed E-state index contributed by atoms with van der Waals surface area (Å²) in [5, 5.41) is 52.5. The van der Waals surface area contributed by atoms with Gasteiger partial charge in [0.15, 0.2) is 14.8 Å². The summed E-state index contributed by atoms with van der Waals surface area (Å²) in [7, 11) is 0. The van der Waals surface area contributed by atoms with Gasteiger partial charge in [0.25, 0.3) is 0 Å². The van der Waals surface area contributed by atoms with Gasteiger partial charge in [0.05, 0.1) is 9.85 Å². The molecule has 0 unspecified atom stereocenters. The van der Waals surface area contributed by atoms with Crippen molar-refractivity contribution in [1.29, 1.82) is 0 Å². The van der Waals surface area contributed by atoms with E-state index in [9.17, 15) is 50.6 Å². The Kier molecular flexibility index (Phi) is 3.75. The van der Waals surface area contributed by atoms with Crippen molar-refractivity contribution >= 4 is 22.0 Å². The number of rotatable bonds is 6. The SMILES string of the molecule is O=[N+]([O-])c1cc([N+](=O)[O-])c(C([N+](=O)[O-])([N+](=O)[O-])[N+](=O)[O-])s1. The minimum absolute atomic E-state index is 0.186. The van der Waals surface area contributed by atoms with Crippen LogP contribution in [0.2, 0.25) is 0 Å². The third-order valence-electron chi connectivity index (χ3n) is 2.14. The lowest BCUT2D eigenvalue weighted by atomic mass is 10.2. The largest absolute Gasteiger partial charge is 0.745 e.